The van der Waals surface area contributed by atoms with Gasteiger partial charge in [-0.1, -0.05) is 0 Å². The molecule has 0 radical (unpaired) electrons. The first-order chi connectivity index (χ1) is 17.4. The van der Waals surface area contributed by atoms with E-state index in [1.54, 1.807) is 0 Å². The zero-order valence-corrected chi connectivity index (χ0v) is 29.7. The van der Waals surface area contributed by atoms with Crippen LogP contribution in [0.3, 0.4) is 0 Å². The summed E-state index contributed by atoms with van der Waals surface area (Å²) in [6.45, 7) is 8.93. The minimum absolute atomic E-state index is 0. The Morgan fingerprint density at radius 2 is 0.550 bits per heavy atom. The second-order valence-electron chi connectivity index (χ2n) is 9.24. The molecule has 0 N–H and O–H groups in total. The molecule has 1 unspecified atom stereocenters. The van der Waals surface area contributed by atoms with Gasteiger partial charge in [0.15, 0.2) is 0 Å². The summed E-state index contributed by atoms with van der Waals surface area (Å²) in [5.41, 5.74) is 0. The second-order valence-corrected chi connectivity index (χ2v) is 15.9. The van der Waals surface area contributed by atoms with Crippen LogP contribution in [-0.2, 0) is 30.9 Å². The van der Waals surface area contributed by atoms with Crippen LogP contribution in [0.4, 0.5) is 0 Å². The summed E-state index contributed by atoms with van der Waals surface area (Å²) in [6, 6.07) is 42.9. The number of halogens is 4. The maximum Gasteiger partial charge on any atom is -1.00 e. The molecule has 0 saturated carbocycles. The molecule has 4 rings (SSSR count). The van der Waals surface area contributed by atoms with Crippen LogP contribution >= 0.6 is 15.8 Å². The maximum atomic E-state index is 5.44. The van der Waals surface area contributed by atoms with E-state index in [1.165, 1.54) is 21.2 Å². The van der Waals surface area contributed by atoms with E-state index in [9.17, 15) is 0 Å². The monoisotopic (exact) mass is 738 g/mol. The molecule has 0 saturated heterocycles. The molecular weight excluding hydrogens is 705 g/mol. The molecule has 0 nitrogen and oxygen atoms in total. The number of rotatable bonds is 8. The Balaban J connectivity index is 0. The first kappa shape index (κ1) is 42.0. The number of hydrogen-bond acceptors (Lipinski definition) is 0. The van der Waals surface area contributed by atoms with Gasteiger partial charge in [0.2, 0.25) is 0 Å². The molecule has 4 aromatic rings. The van der Waals surface area contributed by atoms with Gasteiger partial charge in [0, 0.05) is 0 Å². The van der Waals surface area contributed by atoms with Gasteiger partial charge in [0.1, 0.15) is 0 Å². The van der Waals surface area contributed by atoms with Gasteiger partial charge in [-0.2, -0.15) is 0 Å². The van der Waals surface area contributed by atoms with Gasteiger partial charge in [-0.25, -0.2) is 0 Å². The molecule has 222 valence electrons. The molecule has 0 aliphatic heterocycles. The van der Waals surface area contributed by atoms with Crippen LogP contribution in [-0.4, -0.2) is 9.26 Å². The average Bonchev–Trinajstić information content (AvgIpc) is 2.91. The molecule has 8 heteroatoms. The Kier molecular flexibility index (Phi) is 23.6. The van der Waals surface area contributed by atoms with Gasteiger partial charge >= 0.3 is 238 Å². The normalized spacial score (nSPS) is 11.7. The molecule has 0 aliphatic carbocycles. The fourth-order valence-corrected chi connectivity index (χ4v) is 10.4. The van der Waals surface area contributed by atoms with Crippen LogP contribution in [0, 0.1) is 11.8 Å². The van der Waals surface area contributed by atoms with Crippen molar-refractivity contribution in [2.75, 3.05) is 0 Å². The minimum Gasteiger partial charge on any atom is -1.00 e. The third-order valence-electron chi connectivity index (χ3n) is 5.62. The van der Waals surface area contributed by atoms with E-state index in [4.69, 9.17) is 30.9 Å². The smallest absolute Gasteiger partial charge is 1.00 e. The van der Waals surface area contributed by atoms with Crippen molar-refractivity contribution < 1.29 is 80.6 Å². The Hall–Kier alpha value is -0.113. The molecule has 40 heavy (non-hydrogen) atoms. The van der Waals surface area contributed by atoms with E-state index in [-0.39, 0.29) is 49.6 Å². The van der Waals surface area contributed by atoms with Crippen molar-refractivity contribution in [2.24, 2.45) is 11.8 Å². The van der Waals surface area contributed by atoms with Gasteiger partial charge in [0.05, 0.1) is 0 Å². The summed E-state index contributed by atoms with van der Waals surface area (Å²) >= 11 is 10.9. The molecule has 0 spiro atoms. The molecular formula is C32H36Cl4Ni2P2. The van der Waals surface area contributed by atoms with Crippen LogP contribution < -0.4 is 70.8 Å². The van der Waals surface area contributed by atoms with E-state index < -0.39 is 15.8 Å². The van der Waals surface area contributed by atoms with Crippen LogP contribution in [0.15, 0.2) is 121 Å². The van der Waals surface area contributed by atoms with Crippen molar-refractivity contribution in [3.05, 3.63) is 121 Å². The largest absolute Gasteiger partial charge is 1.00 e. The van der Waals surface area contributed by atoms with Gasteiger partial charge in [-0.15, -0.1) is 0 Å². The standard InChI is InChI=1S/2C16H18P.4ClH.2Ni/c2*1-14(2)13-17(15-9-5-3-6-10-15)16-11-7-4-8-12-16;;;;;;/h2*3-14H,1-2H3;4*1H;;/q;;;;;;2*+2/p-4. The summed E-state index contributed by atoms with van der Waals surface area (Å²) < 4.78 is 0.648. The van der Waals surface area contributed by atoms with Gasteiger partial charge in [0.25, 0.3) is 0 Å². The van der Waals surface area contributed by atoms with Crippen molar-refractivity contribution in [3.8, 4) is 0 Å². The SMILES string of the molecule is CC(C)[C@@H]([Ni+2])P(c1ccccc1)c1ccccc1.CC(C)[CH]([Ni+2])P(c1ccccc1)c1ccccc1.[Cl-].[Cl-].[Cl-].[Cl-]. The van der Waals surface area contributed by atoms with Gasteiger partial charge in [-0.3, -0.25) is 0 Å². The Labute approximate surface area is 285 Å². The van der Waals surface area contributed by atoms with E-state index in [1.807, 2.05) is 0 Å². The topological polar surface area (TPSA) is 0 Å². The van der Waals surface area contributed by atoms with E-state index in [2.05, 4.69) is 149 Å². The summed E-state index contributed by atoms with van der Waals surface area (Å²) in [7, 11) is -0.836. The fourth-order valence-electron chi connectivity index (χ4n) is 3.78. The third-order valence-corrected chi connectivity index (χ3v) is 14.0. The average molecular weight is 742 g/mol. The molecule has 0 amide bonds. The molecule has 0 aromatic heterocycles. The first-order valence-electron chi connectivity index (χ1n) is 12.4. The Bertz CT molecular complexity index is 967. The van der Waals surface area contributed by atoms with Gasteiger partial charge in [-0.05, 0) is 0 Å². The molecule has 0 fully saturated rings. The molecule has 2 atom stereocenters. The fraction of sp³-hybridized carbons (Fsp3) is 0.250. The second kappa shape index (κ2) is 22.4. The number of benzene rings is 4. The molecule has 4 aromatic carbocycles. The summed E-state index contributed by atoms with van der Waals surface area (Å²) in [4.78, 5) is 0. The van der Waals surface area contributed by atoms with Crippen molar-refractivity contribution in [1.29, 1.82) is 0 Å². The van der Waals surface area contributed by atoms with Crippen molar-refractivity contribution >= 4 is 37.1 Å². The van der Waals surface area contributed by atoms with E-state index in [0.717, 1.165) is 0 Å². The Morgan fingerprint density at radius 1 is 0.375 bits per heavy atom. The van der Waals surface area contributed by atoms with Crippen molar-refractivity contribution in [1.82, 2.24) is 0 Å². The predicted molar refractivity (Wildman–Crippen MR) is 155 cm³/mol. The third kappa shape index (κ3) is 12.6. The summed E-state index contributed by atoms with van der Waals surface area (Å²) in [6.07, 6.45) is 0. The quantitative estimate of drug-likeness (QED) is 0.126. The zero-order valence-electron chi connectivity index (χ0n) is 22.9. The zero-order chi connectivity index (χ0) is 25.9. The first-order valence-corrected chi connectivity index (χ1v) is 16.4. The van der Waals surface area contributed by atoms with Crippen molar-refractivity contribution in [3.63, 3.8) is 0 Å². The molecule has 0 aliphatic rings. The van der Waals surface area contributed by atoms with Crippen LogP contribution in [0.2, 0.25) is 0 Å². The predicted octanol–water partition coefficient (Wildman–Crippen LogP) is -4.69. The maximum absolute atomic E-state index is 5.44. The summed E-state index contributed by atoms with van der Waals surface area (Å²) in [5, 5.41) is 5.57. The minimum atomic E-state index is -0.418. The Morgan fingerprint density at radius 3 is 0.700 bits per heavy atom. The molecule has 0 bridgehead atoms. The van der Waals surface area contributed by atoms with E-state index in [0.29, 0.717) is 21.1 Å². The van der Waals surface area contributed by atoms with Gasteiger partial charge < -0.3 is 49.6 Å². The van der Waals surface area contributed by atoms with Crippen LogP contribution in [0.25, 0.3) is 0 Å². The van der Waals surface area contributed by atoms with E-state index >= 15 is 0 Å². The number of hydrogen-bond donors (Lipinski definition) is 0. The summed E-state index contributed by atoms with van der Waals surface area (Å²) in [5.74, 6) is 1.08. The molecule has 0 heterocycles. The van der Waals surface area contributed by atoms with Crippen molar-refractivity contribution in [2.45, 2.75) is 37.0 Å². The van der Waals surface area contributed by atoms with Crippen LogP contribution in [0.1, 0.15) is 27.7 Å². The van der Waals surface area contributed by atoms with Crippen LogP contribution in [0.5, 0.6) is 0 Å².